The number of hydrogen-bond donors (Lipinski definition) is 2. The zero-order chi connectivity index (χ0) is 12.3. The van der Waals surface area contributed by atoms with Gasteiger partial charge < -0.3 is 11.5 Å². The molecule has 2 rings (SSSR count). The van der Waals surface area contributed by atoms with Crippen molar-refractivity contribution in [3.8, 4) is 11.3 Å². The van der Waals surface area contributed by atoms with Crippen molar-refractivity contribution in [1.82, 2.24) is 15.0 Å². The molecule has 0 aliphatic carbocycles. The lowest BCUT2D eigenvalue weighted by Gasteiger charge is -2.05. The van der Waals surface area contributed by atoms with Crippen LogP contribution < -0.4 is 11.5 Å². The van der Waals surface area contributed by atoms with E-state index < -0.39 is 5.91 Å². The van der Waals surface area contributed by atoms with Gasteiger partial charge >= 0.3 is 0 Å². The molecule has 0 aromatic carbocycles. The molecule has 0 fully saturated rings. The number of primary amides is 1. The average molecular weight is 229 g/mol. The van der Waals surface area contributed by atoms with Crippen molar-refractivity contribution >= 4 is 5.91 Å². The van der Waals surface area contributed by atoms with Crippen LogP contribution in [0.1, 0.15) is 16.2 Å². The first-order valence-electron chi connectivity index (χ1n) is 4.98. The van der Waals surface area contributed by atoms with E-state index in [1.54, 1.807) is 24.7 Å². The van der Waals surface area contributed by atoms with Crippen LogP contribution in [0.25, 0.3) is 11.3 Å². The molecule has 0 aliphatic rings. The Morgan fingerprint density at radius 2 is 2.18 bits per heavy atom. The molecule has 6 heteroatoms. The maximum atomic E-state index is 11.2. The van der Waals surface area contributed by atoms with Gasteiger partial charge in [0.25, 0.3) is 5.91 Å². The summed E-state index contributed by atoms with van der Waals surface area (Å²) < 4.78 is 0. The maximum absolute atomic E-state index is 11.2. The summed E-state index contributed by atoms with van der Waals surface area (Å²) in [6, 6.07) is 3.60. The molecule has 0 aliphatic heterocycles. The van der Waals surface area contributed by atoms with Gasteiger partial charge in [-0.05, 0) is 12.1 Å². The average Bonchev–Trinajstić information content (AvgIpc) is 2.39. The number of nitrogens with two attached hydrogens (primary N) is 2. The number of carbonyl (C=O) groups is 1. The summed E-state index contributed by atoms with van der Waals surface area (Å²) >= 11 is 0. The van der Waals surface area contributed by atoms with Gasteiger partial charge in [-0.2, -0.15) is 0 Å². The van der Waals surface area contributed by atoms with Crippen molar-refractivity contribution in [3.63, 3.8) is 0 Å². The third-order valence-electron chi connectivity index (χ3n) is 2.23. The minimum Gasteiger partial charge on any atom is -0.364 e. The Balaban J connectivity index is 2.51. The van der Waals surface area contributed by atoms with E-state index in [2.05, 4.69) is 15.0 Å². The predicted octanol–water partition coefficient (Wildman–Crippen LogP) is 0.0962. The van der Waals surface area contributed by atoms with Gasteiger partial charge in [0.2, 0.25) is 0 Å². The summed E-state index contributed by atoms with van der Waals surface area (Å²) in [5.74, 6) is -0.635. The van der Waals surface area contributed by atoms with E-state index in [4.69, 9.17) is 11.5 Å². The highest BCUT2D eigenvalue weighted by atomic mass is 16.1. The lowest BCUT2D eigenvalue weighted by molar-refractivity contribution is 0.0994. The van der Waals surface area contributed by atoms with Crippen LogP contribution in [-0.2, 0) is 6.54 Å². The van der Waals surface area contributed by atoms with Gasteiger partial charge in [0, 0.05) is 24.5 Å². The van der Waals surface area contributed by atoms with E-state index in [1.165, 1.54) is 0 Å². The fourth-order valence-corrected chi connectivity index (χ4v) is 1.41. The summed E-state index contributed by atoms with van der Waals surface area (Å²) in [6.07, 6.45) is 4.84. The number of nitrogens with zero attached hydrogens (tertiary/aromatic N) is 3. The maximum Gasteiger partial charge on any atom is 0.269 e. The quantitative estimate of drug-likeness (QED) is 0.775. The third kappa shape index (κ3) is 2.26. The topological polar surface area (TPSA) is 108 Å². The predicted molar refractivity (Wildman–Crippen MR) is 61.7 cm³/mol. The van der Waals surface area contributed by atoms with Crippen molar-refractivity contribution in [2.24, 2.45) is 11.5 Å². The summed E-state index contributed by atoms with van der Waals surface area (Å²) in [4.78, 5) is 23.4. The van der Waals surface area contributed by atoms with Gasteiger partial charge in [-0.1, -0.05) is 0 Å². The molecule has 2 heterocycles. The van der Waals surface area contributed by atoms with Crippen molar-refractivity contribution in [2.45, 2.75) is 6.54 Å². The molecule has 86 valence electrons. The van der Waals surface area contributed by atoms with Crippen molar-refractivity contribution in [3.05, 3.63) is 42.1 Å². The van der Waals surface area contributed by atoms with Gasteiger partial charge in [-0.25, -0.2) is 4.98 Å². The monoisotopic (exact) mass is 229 g/mol. The molecule has 0 radical (unpaired) electrons. The second-order valence-electron chi connectivity index (χ2n) is 3.36. The standard InChI is InChI=1S/C11H11N5O/c12-4-8-10(11(13)17)16-9(6-15-8)7-2-1-3-14-5-7/h1-3,5-6H,4,12H2,(H2,13,17). The first kappa shape index (κ1) is 11.2. The second-order valence-corrected chi connectivity index (χ2v) is 3.36. The highest BCUT2D eigenvalue weighted by Crippen LogP contribution is 2.15. The minimum atomic E-state index is -0.635. The molecular formula is C11H11N5O. The molecule has 6 nitrogen and oxygen atoms in total. The van der Waals surface area contributed by atoms with Crippen LogP contribution in [0.15, 0.2) is 30.7 Å². The lowest BCUT2D eigenvalue weighted by atomic mass is 10.2. The van der Waals surface area contributed by atoms with E-state index in [0.717, 1.165) is 5.56 Å². The fourth-order valence-electron chi connectivity index (χ4n) is 1.41. The van der Waals surface area contributed by atoms with Crippen LogP contribution in [0.2, 0.25) is 0 Å². The lowest BCUT2D eigenvalue weighted by Crippen LogP contribution is -2.19. The molecular weight excluding hydrogens is 218 g/mol. The van der Waals surface area contributed by atoms with Crippen molar-refractivity contribution in [1.29, 1.82) is 0 Å². The van der Waals surface area contributed by atoms with Crippen molar-refractivity contribution in [2.75, 3.05) is 0 Å². The molecule has 2 aromatic heterocycles. The Morgan fingerprint density at radius 3 is 2.76 bits per heavy atom. The number of amides is 1. The van der Waals surface area contributed by atoms with Crippen LogP contribution in [0.5, 0.6) is 0 Å². The van der Waals surface area contributed by atoms with Gasteiger partial charge in [-0.3, -0.25) is 14.8 Å². The molecule has 4 N–H and O–H groups in total. The van der Waals surface area contributed by atoms with Crippen LogP contribution in [0, 0.1) is 0 Å². The first-order chi connectivity index (χ1) is 8.22. The zero-order valence-corrected chi connectivity index (χ0v) is 9.00. The number of carbonyl (C=O) groups excluding carboxylic acids is 1. The summed E-state index contributed by atoms with van der Waals surface area (Å²) in [6.45, 7) is 0.124. The van der Waals surface area contributed by atoms with Crippen LogP contribution in [0.4, 0.5) is 0 Å². The smallest absolute Gasteiger partial charge is 0.269 e. The van der Waals surface area contributed by atoms with Gasteiger partial charge in [0.1, 0.15) is 0 Å². The Hall–Kier alpha value is -2.34. The number of pyridine rings is 1. The molecule has 0 bridgehead atoms. The fraction of sp³-hybridized carbons (Fsp3) is 0.0909. The Morgan fingerprint density at radius 1 is 1.35 bits per heavy atom. The summed E-state index contributed by atoms with van der Waals surface area (Å²) in [5, 5.41) is 0. The van der Waals surface area contributed by atoms with Gasteiger partial charge in [-0.15, -0.1) is 0 Å². The van der Waals surface area contributed by atoms with Gasteiger partial charge in [0.15, 0.2) is 5.69 Å². The van der Waals surface area contributed by atoms with Gasteiger partial charge in [0.05, 0.1) is 17.6 Å². The van der Waals surface area contributed by atoms with E-state index in [-0.39, 0.29) is 12.2 Å². The van der Waals surface area contributed by atoms with Crippen LogP contribution in [-0.4, -0.2) is 20.9 Å². The number of hydrogen-bond acceptors (Lipinski definition) is 5. The molecule has 0 saturated carbocycles. The molecule has 17 heavy (non-hydrogen) atoms. The molecule has 0 saturated heterocycles. The first-order valence-corrected chi connectivity index (χ1v) is 4.98. The van der Waals surface area contributed by atoms with Crippen LogP contribution >= 0.6 is 0 Å². The largest absolute Gasteiger partial charge is 0.364 e. The van der Waals surface area contributed by atoms with E-state index in [1.807, 2.05) is 6.07 Å². The molecule has 1 amide bonds. The number of rotatable bonds is 3. The minimum absolute atomic E-state index is 0.105. The number of aromatic nitrogens is 3. The normalized spacial score (nSPS) is 10.2. The van der Waals surface area contributed by atoms with E-state index in [9.17, 15) is 4.79 Å². The Kier molecular flexibility index (Phi) is 3.06. The zero-order valence-electron chi connectivity index (χ0n) is 9.00. The van der Waals surface area contributed by atoms with Crippen LogP contribution in [0.3, 0.4) is 0 Å². The van der Waals surface area contributed by atoms with E-state index in [0.29, 0.717) is 11.4 Å². The summed E-state index contributed by atoms with van der Waals surface area (Å²) in [7, 11) is 0. The Labute approximate surface area is 97.7 Å². The highest BCUT2D eigenvalue weighted by molar-refractivity contribution is 5.92. The highest BCUT2D eigenvalue weighted by Gasteiger charge is 2.12. The SMILES string of the molecule is NCc1ncc(-c2cccnc2)nc1C(N)=O. The van der Waals surface area contributed by atoms with Crippen molar-refractivity contribution < 1.29 is 4.79 Å². The molecule has 0 unspecified atom stereocenters. The van der Waals surface area contributed by atoms with E-state index >= 15 is 0 Å². The molecule has 2 aromatic rings. The summed E-state index contributed by atoms with van der Waals surface area (Å²) in [5.41, 5.74) is 12.5. The Bertz CT molecular complexity index is 541. The third-order valence-corrected chi connectivity index (χ3v) is 2.23. The molecule has 0 spiro atoms. The molecule has 0 atom stereocenters. The second kappa shape index (κ2) is 4.67.